The van der Waals surface area contributed by atoms with Crippen molar-refractivity contribution in [3.8, 4) is 0 Å². The Bertz CT molecular complexity index is 352. The Morgan fingerprint density at radius 2 is 2.15 bits per heavy atom. The summed E-state index contributed by atoms with van der Waals surface area (Å²) in [5, 5.41) is 2.56. The fraction of sp³-hybridized carbons (Fsp3) is 0.222. The Morgan fingerprint density at radius 3 is 2.69 bits per heavy atom. The van der Waals surface area contributed by atoms with E-state index in [1.54, 1.807) is 6.92 Å². The molecule has 0 bridgehead atoms. The van der Waals surface area contributed by atoms with Gasteiger partial charge in [-0.2, -0.15) is 0 Å². The molecule has 0 fully saturated rings. The lowest BCUT2D eigenvalue weighted by molar-refractivity contribution is -0.114. The highest BCUT2D eigenvalue weighted by Gasteiger charge is 2.04. The predicted octanol–water partition coefficient (Wildman–Crippen LogP) is 0.886. The largest absolute Gasteiger partial charge is 0.326 e. The van der Waals surface area contributed by atoms with Gasteiger partial charge in [-0.15, -0.1) is 0 Å². The van der Waals surface area contributed by atoms with Gasteiger partial charge in [-0.05, 0) is 24.6 Å². The summed E-state index contributed by atoms with van der Waals surface area (Å²) in [6, 6.07) is 2.70. The van der Waals surface area contributed by atoms with E-state index >= 15 is 0 Å². The summed E-state index contributed by atoms with van der Waals surface area (Å²) in [4.78, 5) is 10.7. The summed E-state index contributed by atoms with van der Waals surface area (Å²) in [5.74, 6) is -0.666. The maximum atomic E-state index is 12.9. The normalized spacial score (nSPS) is 9.77. The van der Waals surface area contributed by atoms with Crippen LogP contribution in [0.2, 0.25) is 0 Å². The molecule has 0 saturated heterocycles. The number of benzene rings is 1. The number of rotatable bonds is 1. The van der Waals surface area contributed by atoms with Crippen LogP contribution in [0.15, 0.2) is 12.1 Å². The topological polar surface area (TPSA) is 29.1 Å². The molecule has 2 nitrogen and oxygen atoms in total. The van der Waals surface area contributed by atoms with Crippen LogP contribution < -0.4 is 10.8 Å². The van der Waals surface area contributed by atoms with Crippen molar-refractivity contribution in [1.82, 2.24) is 0 Å². The molecule has 0 aliphatic carbocycles. The molecule has 0 aromatic heterocycles. The van der Waals surface area contributed by atoms with E-state index in [0.717, 1.165) is 0 Å². The van der Waals surface area contributed by atoms with Gasteiger partial charge in [0.25, 0.3) is 0 Å². The smallest absolute Gasteiger partial charge is 0.221 e. The molecule has 13 heavy (non-hydrogen) atoms. The molecule has 1 amide bonds. The lowest BCUT2D eigenvalue weighted by Gasteiger charge is -2.08. The summed E-state index contributed by atoms with van der Waals surface area (Å²) in [5.41, 5.74) is 1.24. The van der Waals surface area contributed by atoms with E-state index in [2.05, 4.69) is 5.32 Å². The number of aryl methyl sites for hydroxylation is 1. The second kappa shape index (κ2) is 3.60. The van der Waals surface area contributed by atoms with Crippen molar-refractivity contribution in [2.24, 2.45) is 0 Å². The predicted molar refractivity (Wildman–Crippen MR) is 50.8 cm³/mol. The molecule has 0 spiro atoms. The van der Waals surface area contributed by atoms with Crippen LogP contribution >= 0.6 is 0 Å². The molecule has 66 valence electrons. The van der Waals surface area contributed by atoms with Crippen molar-refractivity contribution in [3.05, 3.63) is 23.5 Å². The van der Waals surface area contributed by atoms with Gasteiger partial charge < -0.3 is 5.32 Å². The quantitative estimate of drug-likeness (QED) is 0.634. The number of anilines is 1. The summed E-state index contributed by atoms with van der Waals surface area (Å²) in [7, 11) is 5.34. The van der Waals surface area contributed by atoms with Crippen LogP contribution in [0.4, 0.5) is 10.1 Å². The molecule has 1 N–H and O–H groups in total. The number of nitrogens with one attached hydrogen (secondary N) is 1. The van der Waals surface area contributed by atoms with Crippen molar-refractivity contribution in [2.45, 2.75) is 13.8 Å². The third kappa shape index (κ3) is 2.31. The SMILES string of the molecule is [B]c1cc(NC(C)=O)c(C)cc1F. The van der Waals surface area contributed by atoms with Gasteiger partial charge in [-0.3, -0.25) is 4.79 Å². The lowest BCUT2D eigenvalue weighted by atomic mass is 9.93. The monoisotopic (exact) mass is 177 g/mol. The van der Waals surface area contributed by atoms with Crippen molar-refractivity contribution >= 4 is 24.9 Å². The zero-order valence-corrected chi connectivity index (χ0v) is 7.52. The van der Waals surface area contributed by atoms with E-state index in [-0.39, 0.29) is 11.4 Å². The van der Waals surface area contributed by atoms with Crippen molar-refractivity contribution in [2.75, 3.05) is 5.32 Å². The first kappa shape index (κ1) is 9.77. The van der Waals surface area contributed by atoms with Gasteiger partial charge in [-0.1, -0.05) is 5.46 Å². The summed E-state index contributed by atoms with van der Waals surface area (Å²) in [6.07, 6.45) is 0. The van der Waals surface area contributed by atoms with E-state index in [4.69, 9.17) is 7.85 Å². The first-order valence-corrected chi connectivity index (χ1v) is 3.84. The molecule has 4 heteroatoms. The standard InChI is InChI=1S/C9H9BFNO/c1-5-3-8(11)7(10)4-9(5)12-6(2)13/h3-4H,1-2H3,(H,12,13). The summed E-state index contributed by atoms with van der Waals surface area (Å²) >= 11 is 0. The molecular formula is C9H9BFNO. The average molecular weight is 177 g/mol. The second-order valence-corrected chi connectivity index (χ2v) is 2.87. The highest BCUT2D eigenvalue weighted by atomic mass is 19.1. The minimum Gasteiger partial charge on any atom is -0.326 e. The third-order valence-electron chi connectivity index (χ3n) is 1.65. The van der Waals surface area contributed by atoms with Crippen LogP contribution in [0, 0.1) is 12.7 Å². The fourth-order valence-electron chi connectivity index (χ4n) is 1.01. The van der Waals surface area contributed by atoms with Crippen LogP contribution in [-0.4, -0.2) is 13.8 Å². The average Bonchev–Trinajstić information content (AvgIpc) is 1.99. The number of carbonyl (C=O) groups is 1. The van der Waals surface area contributed by atoms with Crippen LogP contribution in [0.5, 0.6) is 0 Å². The molecule has 2 radical (unpaired) electrons. The number of carbonyl (C=O) groups excluding carboxylic acids is 1. The maximum Gasteiger partial charge on any atom is 0.221 e. The van der Waals surface area contributed by atoms with Gasteiger partial charge >= 0.3 is 0 Å². The van der Waals surface area contributed by atoms with E-state index in [0.29, 0.717) is 11.3 Å². The van der Waals surface area contributed by atoms with Gasteiger partial charge in [0.05, 0.1) is 0 Å². The summed E-state index contributed by atoms with van der Waals surface area (Å²) in [6.45, 7) is 3.09. The minimum atomic E-state index is -0.466. The minimum absolute atomic E-state index is 0.0364. The molecule has 1 rings (SSSR count). The fourth-order valence-corrected chi connectivity index (χ4v) is 1.01. The number of hydrogen-bond donors (Lipinski definition) is 1. The molecule has 0 unspecified atom stereocenters. The number of halogens is 1. The zero-order chi connectivity index (χ0) is 10.0. The van der Waals surface area contributed by atoms with Gasteiger partial charge in [0, 0.05) is 12.6 Å². The Labute approximate surface area is 77.6 Å². The Hall–Kier alpha value is -1.32. The molecule has 1 aromatic carbocycles. The Morgan fingerprint density at radius 1 is 1.54 bits per heavy atom. The zero-order valence-electron chi connectivity index (χ0n) is 7.52. The maximum absolute atomic E-state index is 12.9. The van der Waals surface area contributed by atoms with Crippen LogP contribution in [0.1, 0.15) is 12.5 Å². The Kier molecular flexibility index (Phi) is 2.71. The molecule has 0 saturated carbocycles. The molecule has 0 aliphatic heterocycles. The Balaban J connectivity index is 3.08. The molecule has 0 heterocycles. The first-order valence-electron chi connectivity index (χ1n) is 3.84. The van der Waals surface area contributed by atoms with E-state index in [1.807, 2.05) is 0 Å². The molecule has 0 atom stereocenters. The van der Waals surface area contributed by atoms with Gasteiger partial charge in [-0.25, -0.2) is 4.39 Å². The number of hydrogen-bond acceptors (Lipinski definition) is 1. The lowest BCUT2D eigenvalue weighted by Crippen LogP contribution is -2.14. The second-order valence-electron chi connectivity index (χ2n) is 2.87. The van der Waals surface area contributed by atoms with Crippen LogP contribution in [0.3, 0.4) is 0 Å². The van der Waals surface area contributed by atoms with Crippen molar-refractivity contribution in [3.63, 3.8) is 0 Å². The highest BCUT2D eigenvalue weighted by Crippen LogP contribution is 2.13. The molecular weight excluding hydrogens is 168 g/mol. The van der Waals surface area contributed by atoms with E-state index in [1.165, 1.54) is 19.1 Å². The third-order valence-corrected chi connectivity index (χ3v) is 1.65. The van der Waals surface area contributed by atoms with Crippen molar-refractivity contribution in [1.29, 1.82) is 0 Å². The molecule has 0 aliphatic rings. The van der Waals surface area contributed by atoms with E-state index in [9.17, 15) is 9.18 Å². The summed E-state index contributed by atoms with van der Waals surface area (Å²) < 4.78 is 12.9. The van der Waals surface area contributed by atoms with Gasteiger partial charge in [0.15, 0.2) is 0 Å². The van der Waals surface area contributed by atoms with Gasteiger partial charge in [0.1, 0.15) is 13.7 Å². The number of amides is 1. The van der Waals surface area contributed by atoms with Crippen molar-refractivity contribution < 1.29 is 9.18 Å². The molecule has 1 aromatic rings. The van der Waals surface area contributed by atoms with Gasteiger partial charge in [0.2, 0.25) is 5.91 Å². The van der Waals surface area contributed by atoms with Crippen LogP contribution in [-0.2, 0) is 4.79 Å². The van der Waals surface area contributed by atoms with Crippen LogP contribution in [0.25, 0.3) is 0 Å². The highest BCUT2D eigenvalue weighted by molar-refractivity contribution is 6.32. The first-order chi connectivity index (χ1) is 6.00. The van der Waals surface area contributed by atoms with E-state index < -0.39 is 5.82 Å².